The summed E-state index contributed by atoms with van der Waals surface area (Å²) in [6.45, 7) is 4.00. The van der Waals surface area contributed by atoms with Gasteiger partial charge < -0.3 is 19.5 Å². The molecule has 6 atom stereocenters. The number of fused-ring (bicyclic) bond motifs is 3. The van der Waals surface area contributed by atoms with Crippen molar-refractivity contribution in [3.05, 3.63) is 42.0 Å². The highest BCUT2D eigenvalue weighted by atomic mass is 16.6. The summed E-state index contributed by atoms with van der Waals surface area (Å²) in [6, 6.07) is 8.59. The molecule has 6 heteroatoms. The van der Waals surface area contributed by atoms with E-state index in [0.29, 0.717) is 6.42 Å². The van der Waals surface area contributed by atoms with Crippen LogP contribution in [0.1, 0.15) is 25.3 Å². The standard InChI is InChI=1S/C22H26N2O4/c1-14-19-9-6-11-24-12-10-20(17(19)24)15-7-4-5-8-16(15)23-22(20,27-3)21(13-19,28-14)18(25)26-2/h4-9,14,17,23H,10-13H2,1-3H3/t14-,17-,19-,20+,21+,22-/m0/s1. The second-order valence-corrected chi connectivity index (χ2v) is 8.94. The average molecular weight is 382 g/mol. The van der Waals surface area contributed by atoms with Crippen LogP contribution >= 0.6 is 0 Å². The molecule has 1 aromatic rings. The van der Waals surface area contributed by atoms with Gasteiger partial charge in [0.1, 0.15) is 0 Å². The molecule has 0 radical (unpaired) electrons. The molecule has 6 rings (SSSR count). The average Bonchev–Trinajstić information content (AvgIpc) is 3.34. The summed E-state index contributed by atoms with van der Waals surface area (Å²) < 4.78 is 18.4. The molecule has 2 saturated heterocycles. The van der Waals surface area contributed by atoms with Gasteiger partial charge in [0.15, 0.2) is 5.72 Å². The van der Waals surface area contributed by atoms with E-state index >= 15 is 0 Å². The van der Waals surface area contributed by atoms with E-state index in [0.717, 1.165) is 25.2 Å². The summed E-state index contributed by atoms with van der Waals surface area (Å²) in [7, 11) is 3.14. The highest BCUT2D eigenvalue weighted by Gasteiger charge is 2.87. The number of carbonyl (C=O) groups is 1. The van der Waals surface area contributed by atoms with Crippen LogP contribution in [0.3, 0.4) is 0 Å². The topological polar surface area (TPSA) is 60.0 Å². The zero-order chi connectivity index (χ0) is 19.4. The number of methoxy groups -OCH3 is 2. The zero-order valence-corrected chi connectivity index (χ0v) is 16.5. The molecule has 1 aliphatic carbocycles. The molecule has 1 saturated carbocycles. The van der Waals surface area contributed by atoms with Gasteiger partial charge in [0.05, 0.1) is 18.6 Å². The molecule has 1 N–H and O–H groups in total. The van der Waals surface area contributed by atoms with Crippen LogP contribution in [0.4, 0.5) is 5.69 Å². The maximum Gasteiger partial charge on any atom is 0.343 e. The van der Waals surface area contributed by atoms with E-state index in [-0.39, 0.29) is 28.9 Å². The quantitative estimate of drug-likeness (QED) is 0.624. The van der Waals surface area contributed by atoms with E-state index in [9.17, 15) is 4.79 Å². The summed E-state index contributed by atoms with van der Waals surface area (Å²) in [5.74, 6) is -0.353. The highest BCUT2D eigenvalue weighted by Crippen LogP contribution is 2.73. The molecule has 5 aliphatic rings. The first kappa shape index (κ1) is 17.0. The number of rotatable bonds is 2. The van der Waals surface area contributed by atoms with Crippen molar-refractivity contribution >= 4 is 11.7 Å². The molecular weight excluding hydrogens is 356 g/mol. The van der Waals surface area contributed by atoms with Crippen LogP contribution in [-0.4, -0.2) is 61.7 Å². The van der Waals surface area contributed by atoms with Crippen LogP contribution in [-0.2, 0) is 24.4 Å². The van der Waals surface area contributed by atoms with Crippen molar-refractivity contribution in [3.8, 4) is 0 Å². The minimum Gasteiger partial charge on any atom is -0.467 e. The van der Waals surface area contributed by atoms with E-state index in [1.165, 1.54) is 12.7 Å². The number of hydrogen-bond acceptors (Lipinski definition) is 6. The van der Waals surface area contributed by atoms with Gasteiger partial charge in [0, 0.05) is 37.2 Å². The van der Waals surface area contributed by atoms with Gasteiger partial charge in [0.2, 0.25) is 5.60 Å². The monoisotopic (exact) mass is 382 g/mol. The maximum absolute atomic E-state index is 13.4. The van der Waals surface area contributed by atoms with Gasteiger partial charge >= 0.3 is 5.97 Å². The fourth-order valence-corrected chi connectivity index (χ4v) is 7.55. The fraction of sp³-hybridized carbons (Fsp3) is 0.591. The Bertz CT molecular complexity index is 918. The Balaban J connectivity index is 1.74. The lowest BCUT2D eigenvalue weighted by atomic mass is 9.49. The number of carbonyl (C=O) groups excluding carboxylic acids is 1. The van der Waals surface area contributed by atoms with Crippen LogP contribution in [0.2, 0.25) is 0 Å². The van der Waals surface area contributed by atoms with Gasteiger partial charge in [-0.1, -0.05) is 30.4 Å². The van der Waals surface area contributed by atoms with E-state index in [2.05, 4.69) is 47.5 Å². The third kappa shape index (κ3) is 1.42. The van der Waals surface area contributed by atoms with E-state index in [1.54, 1.807) is 7.11 Å². The number of hydrogen-bond donors (Lipinski definition) is 1. The van der Waals surface area contributed by atoms with Crippen molar-refractivity contribution in [2.24, 2.45) is 5.41 Å². The Morgan fingerprint density at radius 1 is 1.32 bits per heavy atom. The third-order valence-corrected chi connectivity index (χ3v) is 8.33. The molecule has 1 aromatic carbocycles. The summed E-state index contributed by atoms with van der Waals surface area (Å²) in [4.78, 5) is 15.9. The van der Waals surface area contributed by atoms with Crippen molar-refractivity contribution in [1.29, 1.82) is 0 Å². The molecule has 6 nitrogen and oxygen atoms in total. The van der Waals surface area contributed by atoms with E-state index < -0.39 is 11.3 Å². The molecule has 0 aromatic heterocycles. The van der Waals surface area contributed by atoms with Crippen LogP contribution in [0.25, 0.3) is 0 Å². The van der Waals surface area contributed by atoms with Gasteiger partial charge in [-0.25, -0.2) is 4.79 Å². The number of benzene rings is 1. The molecule has 148 valence electrons. The number of nitrogens with zero attached hydrogens (tertiary/aromatic N) is 1. The van der Waals surface area contributed by atoms with Crippen LogP contribution < -0.4 is 5.32 Å². The largest absolute Gasteiger partial charge is 0.467 e. The summed E-state index contributed by atoms with van der Waals surface area (Å²) >= 11 is 0. The van der Waals surface area contributed by atoms with Crippen molar-refractivity contribution in [2.75, 3.05) is 32.6 Å². The first-order valence-corrected chi connectivity index (χ1v) is 10.1. The first-order valence-electron chi connectivity index (χ1n) is 10.1. The first-order chi connectivity index (χ1) is 13.5. The van der Waals surface area contributed by atoms with Crippen molar-refractivity contribution < 1.29 is 19.0 Å². The Morgan fingerprint density at radius 3 is 2.93 bits per heavy atom. The summed E-state index contributed by atoms with van der Waals surface area (Å²) in [6.07, 6.45) is 5.92. The number of esters is 1. The molecule has 3 fully saturated rings. The predicted octanol–water partition coefficient (Wildman–Crippen LogP) is 2.06. The number of para-hydroxylation sites is 1. The van der Waals surface area contributed by atoms with Gasteiger partial charge in [-0.15, -0.1) is 0 Å². The minimum absolute atomic E-state index is 0.114. The Kier molecular flexibility index (Phi) is 3.03. The van der Waals surface area contributed by atoms with Crippen LogP contribution in [0.5, 0.6) is 0 Å². The minimum atomic E-state index is -1.21. The lowest BCUT2D eigenvalue weighted by molar-refractivity contribution is -0.225. The second kappa shape index (κ2) is 4.99. The lowest BCUT2D eigenvalue weighted by Crippen LogP contribution is -2.78. The van der Waals surface area contributed by atoms with Gasteiger partial charge in [0.25, 0.3) is 0 Å². The Labute approximate surface area is 164 Å². The van der Waals surface area contributed by atoms with Crippen molar-refractivity contribution in [3.63, 3.8) is 0 Å². The fourth-order valence-electron chi connectivity index (χ4n) is 7.55. The van der Waals surface area contributed by atoms with Gasteiger partial charge in [-0.2, -0.15) is 0 Å². The van der Waals surface area contributed by atoms with Crippen molar-refractivity contribution in [1.82, 2.24) is 4.90 Å². The van der Waals surface area contributed by atoms with Gasteiger partial charge in [-0.3, -0.25) is 4.90 Å². The lowest BCUT2D eigenvalue weighted by Gasteiger charge is -2.60. The predicted molar refractivity (Wildman–Crippen MR) is 103 cm³/mol. The second-order valence-electron chi connectivity index (χ2n) is 8.94. The molecular formula is C22H26N2O4. The molecule has 4 heterocycles. The smallest absolute Gasteiger partial charge is 0.343 e. The number of nitrogens with one attached hydrogen (secondary N) is 1. The molecule has 2 bridgehead atoms. The molecule has 28 heavy (non-hydrogen) atoms. The molecule has 0 unspecified atom stereocenters. The van der Waals surface area contributed by atoms with Crippen LogP contribution in [0, 0.1) is 5.41 Å². The number of anilines is 1. The Morgan fingerprint density at radius 2 is 2.14 bits per heavy atom. The molecule has 4 aliphatic heterocycles. The highest BCUT2D eigenvalue weighted by molar-refractivity contribution is 5.87. The third-order valence-electron chi connectivity index (χ3n) is 8.33. The van der Waals surface area contributed by atoms with E-state index in [4.69, 9.17) is 14.2 Å². The zero-order valence-electron chi connectivity index (χ0n) is 16.5. The van der Waals surface area contributed by atoms with Crippen molar-refractivity contribution in [2.45, 2.75) is 48.7 Å². The molecule has 0 amide bonds. The number of ether oxygens (including phenoxy) is 3. The summed E-state index contributed by atoms with van der Waals surface area (Å²) in [5, 5.41) is 3.65. The maximum atomic E-state index is 13.4. The van der Waals surface area contributed by atoms with Gasteiger partial charge in [-0.05, 0) is 31.5 Å². The SMILES string of the molecule is COC(=O)[C@]12C[C@@]3(C=CCN4CC[C@@]5(c6ccccc6N[C@@]15OC)[C@@H]43)[C@H](C)O2. The molecule has 2 spiro atoms. The van der Waals surface area contributed by atoms with E-state index in [1.807, 2.05) is 6.07 Å². The normalized spacial score (nSPS) is 47.2. The Hall–Kier alpha value is -1.89. The van der Waals surface area contributed by atoms with Crippen LogP contribution in [0.15, 0.2) is 36.4 Å². The summed E-state index contributed by atoms with van der Waals surface area (Å²) in [5.41, 5.74) is -0.582.